The molecular formula is C27H31N5O2S. The Labute approximate surface area is 210 Å². The molecule has 1 fully saturated rings. The van der Waals surface area contributed by atoms with E-state index in [-0.39, 0.29) is 11.7 Å². The fraction of sp³-hybridized carbons (Fsp3) is 0.259. The number of aryl methyl sites for hydroxylation is 1. The molecule has 1 aliphatic rings. The van der Waals surface area contributed by atoms with Crippen LogP contribution in [0.15, 0.2) is 76.7 Å². The third kappa shape index (κ3) is 6.63. The number of hydrazine groups is 1. The molecule has 1 amide bonds. The second-order valence-corrected chi connectivity index (χ2v) is 9.86. The summed E-state index contributed by atoms with van der Waals surface area (Å²) in [6, 6.07) is 21.9. The van der Waals surface area contributed by atoms with E-state index in [9.17, 15) is 4.79 Å². The van der Waals surface area contributed by atoms with Crippen molar-refractivity contribution in [2.24, 2.45) is 16.7 Å². The minimum atomic E-state index is -0.0541. The van der Waals surface area contributed by atoms with Gasteiger partial charge in [0, 0.05) is 28.9 Å². The molecule has 6 N–H and O–H groups in total. The van der Waals surface area contributed by atoms with Crippen LogP contribution in [-0.4, -0.2) is 30.2 Å². The van der Waals surface area contributed by atoms with Crippen molar-refractivity contribution in [1.29, 1.82) is 0 Å². The first-order chi connectivity index (χ1) is 17.0. The Kier molecular flexibility index (Phi) is 8.41. The van der Waals surface area contributed by atoms with Crippen LogP contribution in [-0.2, 0) is 16.0 Å². The largest absolute Gasteiger partial charge is 0.382 e. The van der Waals surface area contributed by atoms with Crippen LogP contribution < -0.4 is 22.4 Å². The Morgan fingerprint density at radius 2 is 1.83 bits per heavy atom. The lowest BCUT2D eigenvalue weighted by molar-refractivity contribution is -0.115. The molecule has 0 unspecified atom stereocenters. The Balaban J connectivity index is 1.65. The lowest BCUT2D eigenvalue weighted by Crippen LogP contribution is -2.23. The van der Waals surface area contributed by atoms with Crippen molar-refractivity contribution in [2.75, 3.05) is 18.5 Å². The van der Waals surface area contributed by atoms with E-state index >= 15 is 0 Å². The van der Waals surface area contributed by atoms with Gasteiger partial charge in [-0.2, -0.15) is 0 Å². The van der Waals surface area contributed by atoms with Gasteiger partial charge >= 0.3 is 0 Å². The predicted molar refractivity (Wildman–Crippen MR) is 143 cm³/mol. The predicted octanol–water partition coefficient (Wildman–Crippen LogP) is 4.20. The van der Waals surface area contributed by atoms with E-state index in [1.807, 2.05) is 61.5 Å². The third-order valence-corrected chi connectivity index (χ3v) is 7.31. The number of hydrogen-bond donors (Lipinski definition) is 4. The van der Waals surface area contributed by atoms with E-state index in [0.29, 0.717) is 11.7 Å². The maximum absolute atomic E-state index is 13.0. The van der Waals surface area contributed by atoms with Crippen molar-refractivity contribution in [3.05, 3.63) is 83.4 Å². The molecule has 0 saturated carbocycles. The molecule has 182 valence electrons. The summed E-state index contributed by atoms with van der Waals surface area (Å²) < 4.78 is 5.52. The number of carbonyl (C=O) groups excluding carboxylic acids is 1. The first-order valence-corrected chi connectivity index (χ1v) is 12.5. The summed E-state index contributed by atoms with van der Waals surface area (Å²) in [5, 5.41) is 7.55. The van der Waals surface area contributed by atoms with Crippen LogP contribution in [0.25, 0.3) is 11.1 Å². The zero-order valence-electron chi connectivity index (χ0n) is 19.8. The van der Waals surface area contributed by atoms with Gasteiger partial charge in [0.25, 0.3) is 0 Å². The van der Waals surface area contributed by atoms with Gasteiger partial charge in [-0.25, -0.2) is 11.4 Å². The molecular weight excluding hydrogens is 458 g/mol. The highest BCUT2D eigenvalue weighted by atomic mass is 32.2. The number of rotatable bonds is 8. The molecule has 1 aliphatic heterocycles. The number of carbonyl (C=O) groups is 1. The number of amides is 1. The number of thioether (sulfide) groups is 1. The van der Waals surface area contributed by atoms with Gasteiger partial charge in [0.2, 0.25) is 5.91 Å². The third-order valence-electron chi connectivity index (χ3n) is 5.90. The average molecular weight is 490 g/mol. The van der Waals surface area contributed by atoms with Gasteiger partial charge in [-0.1, -0.05) is 60.2 Å². The molecule has 0 spiro atoms. The molecule has 0 bridgehead atoms. The van der Waals surface area contributed by atoms with Gasteiger partial charge in [0.05, 0.1) is 12.1 Å². The summed E-state index contributed by atoms with van der Waals surface area (Å²) in [6.07, 6.45) is 2.29. The van der Waals surface area contributed by atoms with Gasteiger partial charge < -0.3 is 15.8 Å². The van der Waals surface area contributed by atoms with Crippen molar-refractivity contribution in [3.63, 3.8) is 0 Å². The highest BCUT2D eigenvalue weighted by molar-refractivity contribution is 8.00. The van der Waals surface area contributed by atoms with E-state index in [2.05, 4.69) is 28.1 Å². The molecule has 0 aromatic heterocycles. The first kappa shape index (κ1) is 24.8. The van der Waals surface area contributed by atoms with Crippen LogP contribution in [0.4, 0.5) is 5.69 Å². The normalized spacial score (nSPS) is 14.5. The minimum absolute atomic E-state index is 0.0541. The Bertz CT molecular complexity index is 1190. The lowest BCUT2D eigenvalue weighted by Gasteiger charge is -2.23. The molecule has 3 aromatic carbocycles. The van der Waals surface area contributed by atoms with Crippen LogP contribution in [0, 0.1) is 6.92 Å². The van der Waals surface area contributed by atoms with E-state index in [1.165, 1.54) is 5.56 Å². The summed E-state index contributed by atoms with van der Waals surface area (Å²) in [5.41, 5.74) is 13.9. The number of nitrogens with two attached hydrogens (primary N) is 2. The molecule has 8 heteroatoms. The molecule has 1 saturated heterocycles. The van der Waals surface area contributed by atoms with Crippen molar-refractivity contribution < 1.29 is 9.53 Å². The number of anilines is 1. The highest BCUT2D eigenvalue weighted by Gasteiger charge is 2.19. The molecule has 3 aromatic rings. The number of amidine groups is 1. The van der Waals surface area contributed by atoms with E-state index in [1.54, 1.807) is 11.8 Å². The summed E-state index contributed by atoms with van der Waals surface area (Å²) in [7, 11) is 0. The zero-order chi connectivity index (χ0) is 24.6. The van der Waals surface area contributed by atoms with Gasteiger partial charge in [0.1, 0.15) is 0 Å². The van der Waals surface area contributed by atoms with Crippen molar-refractivity contribution >= 4 is 29.2 Å². The number of hydrazone groups is 1. The monoisotopic (exact) mass is 489 g/mol. The number of ether oxygens (including phenoxy) is 1. The maximum Gasteiger partial charge on any atom is 0.228 e. The van der Waals surface area contributed by atoms with Crippen LogP contribution in [0.3, 0.4) is 0 Å². The Hall–Kier alpha value is -3.33. The van der Waals surface area contributed by atoms with Gasteiger partial charge in [0.15, 0.2) is 5.84 Å². The van der Waals surface area contributed by atoms with Crippen LogP contribution in [0.1, 0.15) is 29.5 Å². The number of nitrogens with one attached hydrogen (secondary N) is 2. The van der Waals surface area contributed by atoms with Crippen LogP contribution in [0.5, 0.6) is 0 Å². The summed E-state index contributed by atoms with van der Waals surface area (Å²) in [5.74, 6) is 5.57. The molecule has 0 radical (unpaired) electrons. The smallest absolute Gasteiger partial charge is 0.228 e. The summed E-state index contributed by atoms with van der Waals surface area (Å²) >= 11 is 1.79. The van der Waals surface area contributed by atoms with E-state index < -0.39 is 0 Å². The lowest BCUT2D eigenvalue weighted by atomic mass is 9.98. The van der Waals surface area contributed by atoms with Crippen molar-refractivity contribution in [1.82, 2.24) is 5.53 Å². The quantitative estimate of drug-likeness (QED) is 0.163. The summed E-state index contributed by atoms with van der Waals surface area (Å²) in [6.45, 7) is 3.58. The highest BCUT2D eigenvalue weighted by Crippen LogP contribution is 2.38. The zero-order valence-corrected chi connectivity index (χ0v) is 20.6. The second kappa shape index (κ2) is 11.9. The van der Waals surface area contributed by atoms with Crippen LogP contribution in [0.2, 0.25) is 0 Å². The molecule has 35 heavy (non-hydrogen) atoms. The van der Waals surface area contributed by atoms with Gasteiger partial charge in [-0.05, 0) is 48.6 Å². The number of benzene rings is 3. The number of nitrogens with zero attached hydrogens (tertiary/aromatic N) is 1. The van der Waals surface area contributed by atoms with Gasteiger partial charge in [-0.15, -0.1) is 16.9 Å². The van der Waals surface area contributed by atoms with Gasteiger partial charge in [-0.3, -0.25) is 4.79 Å². The van der Waals surface area contributed by atoms with E-state index in [0.717, 1.165) is 58.9 Å². The SMILES string of the molecule is Cc1ccc(CC(=O)Nc2cc(-c3ccccc3/C(N)=N/NN)ccc2SC2CCOCC2)cc1. The van der Waals surface area contributed by atoms with Crippen LogP contribution >= 0.6 is 11.8 Å². The standard InChI is InChI=1S/C27H31N5O2S/c1-18-6-8-19(9-7-18)16-26(33)30-24-17-20(10-11-25(24)35-21-12-14-34-15-13-21)22-4-2-3-5-23(22)27(28)31-32-29/h2-11,17,21,32H,12-16,29H2,1H3,(H2,28,31)(H,30,33). The molecule has 0 atom stereocenters. The fourth-order valence-corrected chi connectivity index (χ4v) is 5.22. The minimum Gasteiger partial charge on any atom is -0.382 e. The second-order valence-electron chi connectivity index (χ2n) is 8.52. The molecule has 7 nitrogen and oxygen atoms in total. The number of hydrogen-bond acceptors (Lipinski definition) is 6. The molecule has 0 aliphatic carbocycles. The van der Waals surface area contributed by atoms with Crippen molar-refractivity contribution in [2.45, 2.75) is 36.3 Å². The Morgan fingerprint density at radius 1 is 1.09 bits per heavy atom. The topological polar surface area (TPSA) is 115 Å². The van der Waals surface area contributed by atoms with Crippen molar-refractivity contribution in [3.8, 4) is 11.1 Å². The Morgan fingerprint density at radius 3 is 2.57 bits per heavy atom. The first-order valence-electron chi connectivity index (χ1n) is 11.7. The van der Waals surface area contributed by atoms with E-state index in [4.69, 9.17) is 16.3 Å². The maximum atomic E-state index is 13.0. The summed E-state index contributed by atoms with van der Waals surface area (Å²) in [4.78, 5) is 14.1. The molecule has 4 rings (SSSR count). The molecule has 1 heterocycles. The average Bonchev–Trinajstić information content (AvgIpc) is 2.87. The fourth-order valence-electron chi connectivity index (χ4n) is 4.05.